The third kappa shape index (κ3) is 1.32. The van der Waals surface area contributed by atoms with Crippen molar-refractivity contribution in [3.8, 4) is 0 Å². The van der Waals surface area contributed by atoms with E-state index in [1.807, 2.05) is 13.8 Å². The molecule has 0 heterocycles. The van der Waals surface area contributed by atoms with Crippen LogP contribution in [0.1, 0.15) is 42.2 Å². The van der Waals surface area contributed by atoms with Gasteiger partial charge in [0.05, 0.1) is 0 Å². The highest BCUT2D eigenvalue weighted by Crippen LogP contribution is 2.31. The minimum atomic E-state index is -1.13. The fourth-order valence-electron chi connectivity index (χ4n) is 1.04. The van der Waals surface area contributed by atoms with Crippen LogP contribution in [0.15, 0.2) is 0 Å². The van der Waals surface area contributed by atoms with E-state index in [9.17, 15) is 4.79 Å². The Kier molecular flexibility index (Phi) is 1.06. The van der Waals surface area contributed by atoms with Crippen LogP contribution in [0.4, 0.5) is 0 Å². The van der Waals surface area contributed by atoms with Gasteiger partial charge in [0.1, 0.15) is 5.78 Å². The van der Waals surface area contributed by atoms with Crippen molar-refractivity contribution >= 4 is 5.78 Å². The van der Waals surface area contributed by atoms with Crippen molar-refractivity contribution in [1.29, 1.82) is 0 Å². The van der Waals surface area contributed by atoms with Crippen molar-refractivity contribution in [3.05, 3.63) is 0 Å². The van der Waals surface area contributed by atoms with Gasteiger partial charge in [-0.1, -0.05) is 20.2 Å². The smallest absolute Gasteiger partial charge is 0.138 e. The lowest BCUT2D eigenvalue weighted by atomic mass is 9.76. The second kappa shape index (κ2) is 2.13. The van der Waals surface area contributed by atoms with E-state index in [0.717, 1.165) is 0 Å². The lowest BCUT2D eigenvalue weighted by Crippen LogP contribution is -2.27. The topological polar surface area (TPSA) is 17.1 Å². The zero-order chi connectivity index (χ0) is 8.70. The van der Waals surface area contributed by atoms with Crippen molar-refractivity contribution < 1.29 is 7.54 Å². The maximum absolute atomic E-state index is 11.2. The zero-order valence-corrected chi connectivity index (χ0v) is 6.03. The number of hydrogen-bond donors (Lipinski definition) is 0. The van der Waals surface area contributed by atoms with Gasteiger partial charge < -0.3 is 0 Å². The Morgan fingerprint density at radius 1 is 1.67 bits per heavy atom. The van der Waals surface area contributed by atoms with E-state index in [1.165, 1.54) is 0 Å². The van der Waals surface area contributed by atoms with Crippen LogP contribution in [-0.4, -0.2) is 5.78 Å². The third-order valence-electron chi connectivity index (χ3n) is 1.85. The quantitative estimate of drug-likeness (QED) is 0.488. The summed E-state index contributed by atoms with van der Waals surface area (Å²) in [4.78, 5) is 11.2. The molecule has 1 aliphatic rings. The fraction of sp³-hybridized carbons (Fsp3) is 0.875. The summed E-state index contributed by atoms with van der Waals surface area (Å²) in [6.45, 7) is 3.65. The minimum absolute atomic E-state index is 0.202. The van der Waals surface area contributed by atoms with Crippen molar-refractivity contribution in [3.63, 3.8) is 0 Å². The molecule has 0 saturated heterocycles. The molecule has 1 heteroatoms. The van der Waals surface area contributed by atoms with Crippen molar-refractivity contribution in [2.75, 3.05) is 0 Å². The molecule has 0 amide bonds. The molecule has 0 spiro atoms. The molecule has 0 aromatic rings. The van der Waals surface area contributed by atoms with E-state index in [0.29, 0.717) is 19.3 Å². The number of hydrogen-bond acceptors (Lipinski definition) is 1. The van der Waals surface area contributed by atoms with Crippen LogP contribution in [0.2, 0.25) is 0 Å². The highest BCUT2D eigenvalue weighted by atomic mass is 16.1. The summed E-state index contributed by atoms with van der Waals surface area (Å²) in [6, 6.07) is 0. The summed E-state index contributed by atoms with van der Waals surface area (Å²) in [5, 5.41) is 0. The fourth-order valence-corrected chi connectivity index (χ4v) is 1.04. The van der Waals surface area contributed by atoms with Crippen molar-refractivity contribution in [2.45, 2.75) is 39.5 Å². The Morgan fingerprint density at radius 2 is 2.33 bits per heavy atom. The van der Waals surface area contributed by atoms with Gasteiger partial charge in [0, 0.05) is 14.6 Å². The molecule has 0 aromatic carbocycles. The number of rotatable bonds is 0. The highest BCUT2D eigenvalue weighted by molar-refractivity contribution is 5.84. The lowest BCUT2D eigenvalue weighted by Gasteiger charge is -2.27. The second-order valence-electron chi connectivity index (χ2n) is 3.23. The van der Waals surface area contributed by atoms with Gasteiger partial charge in [-0.2, -0.15) is 0 Å². The minimum Gasteiger partial charge on any atom is -0.299 e. The molecule has 1 saturated carbocycles. The van der Waals surface area contributed by atoms with Gasteiger partial charge in [-0.3, -0.25) is 4.79 Å². The number of carbonyl (C=O) groups is 1. The number of Topliss-reactive ketones (excluding diaryl/α,β-unsaturated/α-hetero) is 1. The largest absolute Gasteiger partial charge is 0.299 e. The van der Waals surface area contributed by atoms with Gasteiger partial charge in [-0.25, -0.2) is 0 Å². The predicted octanol–water partition coefficient (Wildman–Crippen LogP) is 2.16. The van der Waals surface area contributed by atoms with Crippen LogP contribution in [0.5, 0.6) is 0 Å². The van der Waals surface area contributed by atoms with Gasteiger partial charge in [-0.15, -0.1) is 0 Å². The van der Waals surface area contributed by atoms with Crippen LogP contribution in [0, 0.1) is 5.41 Å². The lowest BCUT2D eigenvalue weighted by molar-refractivity contribution is -0.129. The normalized spacial score (nSPS) is 35.1. The summed E-state index contributed by atoms with van der Waals surface area (Å²) in [5.41, 5.74) is -0.443. The number of ketones is 1. The molecule has 0 bridgehead atoms. The van der Waals surface area contributed by atoms with Crippen LogP contribution in [0.3, 0.4) is 0 Å². The molecular formula is C8H14O. The van der Waals surface area contributed by atoms with Gasteiger partial charge in [-0.05, 0) is 12.8 Å². The summed E-state index contributed by atoms with van der Waals surface area (Å²) in [6.07, 6.45) is 0.0471. The summed E-state index contributed by atoms with van der Waals surface area (Å²) in [7, 11) is 0. The van der Waals surface area contributed by atoms with E-state index in [-0.39, 0.29) is 5.78 Å². The summed E-state index contributed by atoms with van der Waals surface area (Å²) >= 11 is 0. The molecular weight excluding hydrogens is 112 g/mol. The maximum Gasteiger partial charge on any atom is 0.138 e. The molecule has 0 unspecified atom stereocenters. The second-order valence-corrected chi connectivity index (χ2v) is 3.23. The number of carbonyl (C=O) groups excluding carboxylic acids is 1. The van der Waals surface area contributed by atoms with Crippen LogP contribution >= 0.6 is 0 Å². The first-order valence-corrected chi connectivity index (χ1v) is 3.37. The molecule has 0 aromatic heterocycles. The molecule has 1 nitrogen and oxygen atoms in total. The molecule has 1 fully saturated rings. The molecule has 0 radical (unpaired) electrons. The Bertz CT molecular complexity index is 185. The van der Waals surface area contributed by atoms with E-state index in [4.69, 9.17) is 2.74 Å². The first-order valence-electron chi connectivity index (χ1n) is 4.37. The monoisotopic (exact) mass is 128 g/mol. The average molecular weight is 128 g/mol. The molecule has 0 atom stereocenters. The third-order valence-corrected chi connectivity index (χ3v) is 1.85. The first kappa shape index (κ1) is 4.48. The molecule has 1 rings (SSSR count). The van der Waals surface area contributed by atoms with Gasteiger partial charge >= 0.3 is 0 Å². The van der Waals surface area contributed by atoms with Crippen molar-refractivity contribution in [1.82, 2.24) is 0 Å². The molecule has 0 N–H and O–H groups in total. The van der Waals surface area contributed by atoms with E-state index in [1.54, 1.807) is 0 Å². The highest BCUT2D eigenvalue weighted by Gasteiger charge is 2.29. The Hall–Kier alpha value is -0.330. The molecule has 0 aliphatic heterocycles. The van der Waals surface area contributed by atoms with Crippen molar-refractivity contribution in [2.24, 2.45) is 5.41 Å². The zero-order valence-electron chi connectivity index (χ0n) is 8.03. The van der Waals surface area contributed by atoms with E-state index >= 15 is 0 Å². The summed E-state index contributed by atoms with van der Waals surface area (Å²) < 4.78 is 15.0. The molecule has 52 valence electrons. The Balaban J connectivity index is 2.75. The van der Waals surface area contributed by atoms with E-state index in [2.05, 4.69) is 0 Å². The SMILES string of the molecule is [2H]C1([2H])CCC(=O)C(C)(C)C1. The first-order chi connectivity index (χ1) is 4.83. The van der Waals surface area contributed by atoms with Gasteiger partial charge in [0.2, 0.25) is 0 Å². The maximum atomic E-state index is 11.2. The molecule has 1 aliphatic carbocycles. The van der Waals surface area contributed by atoms with E-state index < -0.39 is 11.8 Å². The average Bonchev–Trinajstić information content (AvgIpc) is 1.77. The van der Waals surface area contributed by atoms with Gasteiger partial charge in [0.15, 0.2) is 0 Å². The summed E-state index contributed by atoms with van der Waals surface area (Å²) in [5.74, 6) is 0.202. The van der Waals surface area contributed by atoms with Crippen LogP contribution < -0.4 is 0 Å². The Morgan fingerprint density at radius 3 is 2.78 bits per heavy atom. The molecule has 9 heavy (non-hydrogen) atoms. The predicted molar refractivity (Wildman–Crippen MR) is 37.3 cm³/mol. The van der Waals surface area contributed by atoms with Crippen LogP contribution in [-0.2, 0) is 4.79 Å². The standard InChI is InChI=1S/C8H14O/c1-8(2)6-4-3-5-7(8)9/h3-6H2,1-2H3/i4D2. The van der Waals surface area contributed by atoms with Crippen LogP contribution in [0.25, 0.3) is 0 Å². The Labute approximate surface area is 59.3 Å². The van der Waals surface area contributed by atoms with Gasteiger partial charge in [0.25, 0.3) is 0 Å².